The summed E-state index contributed by atoms with van der Waals surface area (Å²) in [6.07, 6.45) is 3.39. The number of aromatic amines is 1. The lowest BCUT2D eigenvalue weighted by atomic mass is 10.1. The van der Waals surface area contributed by atoms with Gasteiger partial charge in [0, 0.05) is 36.6 Å². The van der Waals surface area contributed by atoms with Crippen molar-refractivity contribution < 1.29 is 18.0 Å². The van der Waals surface area contributed by atoms with E-state index in [1.165, 1.54) is 36.5 Å². The molecular weight excluding hydrogens is 419 g/mol. The van der Waals surface area contributed by atoms with Gasteiger partial charge in [0.15, 0.2) is 5.65 Å². The van der Waals surface area contributed by atoms with Gasteiger partial charge in [-0.1, -0.05) is 0 Å². The van der Waals surface area contributed by atoms with Crippen LogP contribution in [0.2, 0.25) is 0 Å². The molecule has 5 rings (SSSR count). The van der Waals surface area contributed by atoms with Crippen LogP contribution in [-0.2, 0) is 0 Å². The second-order valence-electron chi connectivity index (χ2n) is 7.66. The second kappa shape index (κ2) is 7.99. The fourth-order valence-electron chi connectivity index (χ4n) is 3.81. The standard InChI is InChI=1S/C23H18F3N5O/c24-15-7-13(8-16(25)10-15)14-9-20-22(27-12-14)30-21(29-20)18-11-17(3-4-19(18)26)28-23(32)31-5-1-2-6-31/h3-4,7-12H,1-2,5-6H2,(H,28,32)(H,27,29,30). The molecule has 1 aliphatic rings. The summed E-state index contributed by atoms with van der Waals surface area (Å²) in [5.41, 5.74) is 2.23. The Balaban J connectivity index is 1.47. The van der Waals surface area contributed by atoms with Crippen molar-refractivity contribution in [2.75, 3.05) is 18.4 Å². The summed E-state index contributed by atoms with van der Waals surface area (Å²) in [4.78, 5) is 25.6. The van der Waals surface area contributed by atoms with Crippen LogP contribution in [0.1, 0.15) is 12.8 Å². The maximum absolute atomic E-state index is 14.6. The monoisotopic (exact) mass is 437 g/mol. The molecule has 0 spiro atoms. The number of halogens is 3. The van der Waals surface area contributed by atoms with Crippen LogP contribution in [0.25, 0.3) is 33.7 Å². The minimum atomic E-state index is -0.694. The Morgan fingerprint density at radius 1 is 0.969 bits per heavy atom. The molecule has 4 aromatic rings. The van der Waals surface area contributed by atoms with Crippen LogP contribution in [0.5, 0.6) is 0 Å². The molecule has 6 nitrogen and oxygen atoms in total. The van der Waals surface area contributed by atoms with E-state index < -0.39 is 17.5 Å². The predicted molar refractivity (Wildman–Crippen MR) is 114 cm³/mol. The molecule has 0 atom stereocenters. The Morgan fingerprint density at radius 3 is 2.47 bits per heavy atom. The third-order valence-electron chi connectivity index (χ3n) is 5.40. The van der Waals surface area contributed by atoms with E-state index in [9.17, 15) is 18.0 Å². The number of hydrogen-bond donors (Lipinski definition) is 2. The lowest BCUT2D eigenvalue weighted by Crippen LogP contribution is -2.32. The molecule has 162 valence electrons. The van der Waals surface area contributed by atoms with Gasteiger partial charge in [-0.15, -0.1) is 0 Å². The molecule has 0 unspecified atom stereocenters. The Hall–Kier alpha value is -3.88. The molecule has 1 saturated heterocycles. The van der Waals surface area contributed by atoms with E-state index in [2.05, 4.69) is 20.3 Å². The highest BCUT2D eigenvalue weighted by Crippen LogP contribution is 2.28. The van der Waals surface area contributed by atoms with Crippen molar-refractivity contribution in [3.05, 3.63) is 66.1 Å². The van der Waals surface area contributed by atoms with E-state index >= 15 is 0 Å². The molecular formula is C23H18F3N5O. The second-order valence-corrected chi connectivity index (χ2v) is 7.66. The van der Waals surface area contributed by atoms with Gasteiger partial charge in [0.05, 0.1) is 11.1 Å². The zero-order valence-corrected chi connectivity index (χ0v) is 16.8. The number of rotatable bonds is 3. The largest absolute Gasteiger partial charge is 0.336 e. The van der Waals surface area contributed by atoms with Crippen LogP contribution in [0.3, 0.4) is 0 Å². The number of imidazole rings is 1. The quantitative estimate of drug-likeness (QED) is 0.455. The zero-order chi connectivity index (χ0) is 22.2. The number of urea groups is 1. The molecule has 0 radical (unpaired) electrons. The minimum Gasteiger partial charge on any atom is -0.336 e. The van der Waals surface area contributed by atoms with Crippen LogP contribution in [0.4, 0.5) is 23.7 Å². The highest BCUT2D eigenvalue weighted by Gasteiger charge is 2.19. The number of likely N-dealkylation sites (tertiary alicyclic amines) is 1. The summed E-state index contributed by atoms with van der Waals surface area (Å²) in [5.74, 6) is -1.68. The minimum absolute atomic E-state index is 0.167. The van der Waals surface area contributed by atoms with Gasteiger partial charge in [0.2, 0.25) is 0 Å². The van der Waals surface area contributed by atoms with Crippen molar-refractivity contribution in [3.8, 4) is 22.5 Å². The number of anilines is 1. The number of aromatic nitrogens is 3. The fourth-order valence-corrected chi connectivity index (χ4v) is 3.81. The van der Waals surface area contributed by atoms with E-state index in [0.29, 0.717) is 41.1 Å². The highest BCUT2D eigenvalue weighted by molar-refractivity contribution is 5.90. The average Bonchev–Trinajstić information content (AvgIpc) is 3.44. The molecule has 0 bridgehead atoms. The van der Waals surface area contributed by atoms with Crippen molar-refractivity contribution in [1.29, 1.82) is 0 Å². The maximum Gasteiger partial charge on any atom is 0.321 e. The van der Waals surface area contributed by atoms with Crippen LogP contribution < -0.4 is 5.32 Å². The molecule has 2 aromatic carbocycles. The number of nitrogens with zero attached hydrogens (tertiary/aromatic N) is 3. The van der Waals surface area contributed by atoms with E-state index in [0.717, 1.165) is 18.9 Å². The number of amides is 2. The average molecular weight is 437 g/mol. The van der Waals surface area contributed by atoms with Crippen LogP contribution >= 0.6 is 0 Å². The van der Waals surface area contributed by atoms with Gasteiger partial charge < -0.3 is 15.2 Å². The summed E-state index contributed by atoms with van der Waals surface area (Å²) in [7, 11) is 0. The molecule has 0 aliphatic carbocycles. The number of nitrogens with one attached hydrogen (secondary N) is 2. The van der Waals surface area contributed by atoms with Crippen LogP contribution in [-0.4, -0.2) is 39.0 Å². The summed E-state index contributed by atoms with van der Waals surface area (Å²) >= 11 is 0. The smallest absolute Gasteiger partial charge is 0.321 e. The van der Waals surface area contributed by atoms with E-state index in [4.69, 9.17) is 0 Å². The van der Waals surface area contributed by atoms with Crippen molar-refractivity contribution in [3.63, 3.8) is 0 Å². The third kappa shape index (κ3) is 3.89. The number of carbonyl (C=O) groups excluding carboxylic acids is 1. The molecule has 1 aliphatic heterocycles. The first-order valence-corrected chi connectivity index (χ1v) is 10.1. The zero-order valence-electron chi connectivity index (χ0n) is 16.8. The molecule has 2 amide bonds. The number of pyridine rings is 1. The van der Waals surface area contributed by atoms with Gasteiger partial charge in [-0.2, -0.15) is 0 Å². The van der Waals surface area contributed by atoms with Gasteiger partial charge >= 0.3 is 6.03 Å². The van der Waals surface area contributed by atoms with Gasteiger partial charge in [0.1, 0.15) is 23.3 Å². The highest BCUT2D eigenvalue weighted by atomic mass is 19.1. The van der Waals surface area contributed by atoms with Gasteiger partial charge in [-0.3, -0.25) is 0 Å². The van der Waals surface area contributed by atoms with Gasteiger partial charge in [-0.25, -0.2) is 27.9 Å². The summed E-state index contributed by atoms with van der Waals surface area (Å²) < 4.78 is 41.7. The number of hydrogen-bond acceptors (Lipinski definition) is 3. The van der Waals surface area contributed by atoms with Crippen molar-refractivity contribution in [2.45, 2.75) is 12.8 Å². The normalized spacial score (nSPS) is 13.7. The first kappa shape index (κ1) is 20.0. The lowest BCUT2D eigenvalue weighted by molar-refractivity contribution is 0.222. The van der Waals surface area contributed by atoms with Gasteiger partial charge in [-0.05, 0) is 54.8 Å². The number of carbonyl (C=O) groups is 1. The first-order valence-electron chi connectivity index (χ1n) is 10.1. The topological polar surface area (TPSA) is 73.9 Å². The molecule has 2 aromatic heterocycles. The Kier molecular flexibility index (Phi) is 5.01. The maximum atomic E-state index is 14.6. The van der Waals surface area contributed by atoms with Crippen molar-refractivity contribution >= 4 is 22.9 Å². The SMILES string of the molecule is O=C(Nc1ccc(F)c(-c2nc3ncc(-c4cc(F)cc(F)c4)cc3[nH]2)c1)N1CCCC1. The third-order valence-corrected chi connectivity index (χ3v) is 5.40. The summed E-state index contributed by atoms with van der Waals surface area (Å²) in [6, 6.07) is 8.87. The molecule has 2 N–H and O–H groups in total. The number of benzene rings is 2. The number of H-pyrrole nitrogens is 1. The Labute approximate surface area is 181 Å². The summed E-state index contributed by atoms with van der Waals surface area (Å²) in [6.45, 7) is 1.40. The van der Waals surface area contributed by atoms with Crippen LogP contribution in [0.15, 0.2) is 48.7 Å². The van der Waals surface area contributed by atoms with E-state index in [-0.39, 0.29) is 17.4 Å². The molecule has 9 heteroatoms. The molecule has 3 heterocycles. The van der Waals surface area contributed by atoms with Crippen LogP contribution in [0, 0.1) is 17.5 Å². The van der Waals surface area contributed by atoms with E-state index in [1.807, 2.05) is 0 Å². The number of fused-ring (bicyclic) bond motifs is 1. The molecule has 32 heavy (non-hydrogen) atoms. The summed E-state index contributed by atoms with van der Waals surface area (Å²) in [5, 5.41) is 2.79. The van der Waals surface area contributed by atoms with E-state index in [1.54, 1.807) is 11.0 Å². The Bertz CT molecular complexity index is 1310. The molecule has 1 fully saturated rings. The molecule has 0 saturated carbocycles. The van der Waals surface area contributed by atoms with Crippen molar-refractivity contribution in [1.82, 2.24) is 19.9 Å². The first-order chi connectivity index (χ1) is 15.5. The lowest BCUT2D eigenvalue weighted by Gasteiger charge is -2.16. The predicted octanol–water partition coefficient (Wildman–Crippen LogP) is 5.34. The fraction of sp³-hybridized carbons (Fsp3) is 0.174. The van der Waals surface area contributed by atoms with Crippen molar-refractivity contribution in [2.24, 2.45) is 0 Å². The van der Waals surface area contributed by atoms with Gasteiger partial charge in [0.25, 0.3) is 0 Å². The Morgan fingerprint density at radius 2 is 1.72 bits per heavy atom.